The van der Waals surface area contributed by atoms with Crippen molar-refractivity contribution in [1.29, 1.82) is 0 Å². The summed E-state index contributed by atoms with van der Waals surface area (Å²) in [5, 5.41) is 0.822. The van der Waals surface area contributed by atoms with E-state index in [2.05, 4.69) is 29.8 Å². The van der Waals surface area contributed by atoms with Crippen LogP contribution in [-0.4, -0.2) is 23.6 Å². The van der Waals surface area contributed by atoms with Gasteiger partial charge >= 0.3 is 0 Å². The quantitative estimate of drug-likeness (QED) is 0.622. The number of alkyl halides is 1. The Kier molecular flexibility index (Phi) is 4.33. The van der Waals surface area contributed by atoms with E-state index in [0.717, 1.165) is 22.1 Å². The number of halogens is 1. The van der Waals surface area contributed by atoms with Crippen molar-refractivity contribution in [3.63, 3.8) is 0 Å². The summed E-state index contributed by atoms with van der Waals surface area (Å²) in [6.45, 7) is 8.77. The van der Waals surface area contributed by atoms with Crippen molar-refractivity contribution in [3.05, 3.63) is 28.8 Å². The second kappa shape index (κ2) is 5.68. The largest absolute Gasteiger partial charge is 0.304 e. The van der Waals surface area contributed by atoms with Crippen molar-refractivity contribution in [2.75, 3.05) is 16.8 Å². The molecule has 0 saturated carbocycles. The van der Waals surface area contributed by atoms with Crippen molar-refractivity contribution in [2.45, 2.75) is 27.7 Å². The maximum absolute atomic E-state index is 12.3. The third-order valence-corrected chi connectivity index (χ3v) is 4.79. The highest BCUT2D eigenvalue weighted by atomic mass is 79.9. The molecule has 0 spiro atoms. The molecule has 3 nitrogen and oxygen atoms in total. The number of benzene rings is 1. The number of nitrogens with zero attached hydrogens (tertiary/aromatic N) is 1. The lowest BCUT2D eigenvalue weighted by Crippen LogP contribution is -2.36. The molecular weight excluding hydrogens is 318 g/mol. The molecule has 0 radical (unpaired) electrons. The number of Topliss-reactive ketones (excluding diaryl/α,β-unsaturated/α-hetero) is 1. The Morgan fingerprint density at radius 2 is 1.85 bits per heavy atom. The van der Waals surface area contributed by atoms with Gasteiger partial charge in [-0.3, -0.25) is 9.59 Å². The molecule has 0 bridgehead atoms. The molecule has 1 aliphatic heterocycles. The van der Waals surface area contributed by atoms with Crippen LogP contribution in [0.25, 0.3) is 0 Å². The molecule has 108 valence electrons. The Labute approximate surface area is 128 Å². The number of hydrogen-bond acceptors (Lipinski definition) is 2. The minimum atomic E-state index is -0.389. The predicted octanol–water partition coefficient (Wildman–Crippen LogP) is 3.50. The molecule has 0 aliphatic carbocycles. The van der Waals surface area contributed by atoms with E-state index in [-0.39, 0.29) is 11.7 Å². The van der Waals surface area contributed by atoms with Crippen LogP contribution in [0.1, 0.15) is 35.3 Å². The molecule has 1 aromatic carbocycles. The van der Waals surface area contributed by atoms with Crippen LogP contribution >= 0.6 is 15.9 Å². The molecule has 0 fully saturated rings. The van der Waals surface area contributed by atoms with Gasteiger partial charge in [0.25, 0.3) is 11.7 Å². The Morgan fingerprint density at radius 1 is 1.20 bits per heavy atom. The van der Waals surface area contributed by atoms with Crippen molar-refractivity contribution in [3.8, 4) is 0 Å². The summed E-state index contributed by atoms with van der Waals surface area (Å²) in [7, 11) is 0. The second-order valence-electron chi connectivity index (χ2n) is 5.88. The van der Waals surface area contributed by atoms with Crippen LogP contribution in [-0.2, 0) is 4.79 Å². The van der Waals surface area contributed by atoms with E-state index >= 15 is 0 Å². The normalized spacial score (nSPS) is 16.0. The molecule has 1 atom stereocenters. The number of carbonyl (C=O) groups is 2. The highest BCUT2D eigenvalue weighted by Gasteiger charge is 2.38. The van der Waals surface area contributed by atoms with Gasteiger partial charge in [0, 0.05) is 11.9 Å². The summed E-state index contributed by atoms with van der Waals surface area (Å²) in [5.41, 5.74) is 3.38. The molecule has 4 heteroatoms. The van der Waals surface area contributed by atoms with Crippen molar-refractivity contribution in [2.24, 2.45) is 11.8 Å². The van der Waals surface area contributed by atoms with Crippen LogP contribution < -0.4 is 4.90 Å². The van der Waals surface area contributed by atoms with Gasteiger partial charge in [0.15, 0.2) is 0 Å². The Hall–Kier alpha value is -1.16. The van der Waals surface area contributed by atoms with E-state index in [0.29, 0.717) is 23.9 Å². The average molecular weight is 338 g/mol. The third kappa shape index (κ3) is 2.53. The lowest BCUT2D eigenvalue weighted by atomic mass is 9.97. The number of ketones is 1. The number of aryl methyl sites for hydroxylation is 2. The molecule has 0 saturated heterocycles. The van der Waals surface area contributed by atoms with Crippen LogP contribution in [0.3, 0.4) is 0 Å². The van der Waals surface area contributed by atoms with Gasteiger partial charge in [0.2, 0.25) is 0 Å². The number of carbonyl (C=O) groups excluding carboxylic acids is 2. The van der Waals surface area contributed by atoms with E-state index in [1.807, 2.05) is 26.0 Å². The number of fused-ring (bicyclic) bond motifs is 1. The van der Waals surface area contributed by atoms with Gasteiger partial charge in [0.05, 0.1) is 11.3 Å². The summed E-state index contributed by atoms with van der Waals surface area (Å²) >= 11 is 3.51. The van der Waals surface area contributed by atoms with Crippen LogP contribution in [0.2, 0.25) is 0 Å². The monoisotopic (exact) mass is 337 g/mol. The topological polar surface area (TPSA) is 37.4 Å². The summed E-state index contributed by atoms with van der Waals surface area (Å²) in [5.74, 6) is 0.0228. The Balaban J connectivity index is 2.43. The van der Waals surface area contributed by atoms with Gasteiger partial charge in [-0.15, -0.1) is 0 Å². The molecular formula is C16H20BrNO2. The fourth-order valence-corrected chi connectivity index (χ4v) is 3.63. The predicted molar refractivity (Wildman–Crippen MR) is 84.7 cm³/mol. The Bertz CT molecular complexity index is 566. The summed E-state index contributed by atoms with van der Waals surface area (Å²) in [4.78, 5) is 26.1. The van der Waals surface area contributed by atoms with Gasteiger partial charge in [-0.1, -0.05) is 35.8 Å². The van der Waals surface area contributed by atoms with Crippen LogP contribution in [0.15, 0.2) is 12.1 Å². The van der Waals surface area contributed by atoms with Crippen molar-refractivity contribution in [1.82, 2.24) is 0 Å². The van der Waals surface area contributed by atoms with Crippen LogP contribution in [0.5, 0.6) is 0 Å². The molecule has 0 N–H and O–H groups in total. The van der Waals surface area contributed by atoms with E-state index in [4.69, 9.17) is 0 Å². The molecule has 1 amide bonds. The first-order valence-corrected chi connectivity index (χ1v) is 8.02. The number of anilines is 1. The van der Waals surface area contributed by atoms with Crippen molar-refractivity contribution < 1.29 is 9.59 Å². The van der Waals surface area contributed by atoms with Gasteiger partial charge in [-0.25, -0.2) is 0 Å². The zero-order valence-corrected chi connectivity index (χ0v) is 14.0. The fourth-order valence-electron chi connectivity index (χ4n) is 2.68. The lowest BCUT2D eigenvalue weighted by molar-refractivity contribution is -0.114. The number of amides is 1. The maximum Gasteiger partial charge on any atom is 0.299 e. The van der Waals surface area contributed by atoms with Gasteiger partial charge in [-0.05, 0) is 42.9 Å². The molecule has 1 aliphatic rings. The average Bonchev–Trinajstić information content (AvgIpc) is 2.60. The number of hydrogen-bond donors (Lipinski definition) is 0. The standard InChI is InChI=1S/C16H20BrNO2/c1-9(2)12(7-17)8-18-14-11(4)5-10(3)6-13(14)15(19)16(18)20/h5-6,9,12H,7-8H2,1-4H3. The SMILES string of the molecule is Cc1cc(C)c2c(c1)C(=O)C(=O)N2CC(CBr)C(C)C. The van der Waals surface area contributed by atoms with E-state index in [9.17, 15) is 9.59 Å². The second-order valence-corrected chi connectivity index (χ2v) is 6.53. The molecule has 1 heterocycles. The van der Waals surface area contributed by atoms with Crippen molar-refractivity contribution >= 4 is 33.3 Å². The van der Waals surface area contributed by atoms with Crippen LogP contribution in [0, 0.1) is 25.7 Å². The first kappa shape index (κ1) is 15.2. The van der Waals surface area contributed by atoms with Crippen LogP contribution in [0.4, 0.5) is 5.69 Å². The minimum absolute atomic E-state index is 0.332. The van der Waals surface area contributed by atoms with Gasteiger partial charge in [-0.2, -0.15) is 0 Å². The Morgan fingerprint density at radius 3 is 2.40 bits per heavy atom. The summed E-state index contributed by atoms with van der Waals surface area (Å²) in [6, 6.07) is 3.84. The first-order valence-electron chi connectivity index (χ1n) is 6.90. The van der Waals surface area contributed by atoms with E-state index < -0.39 is 0 Å². The molecule has 1 unspecified atom stereocenters. The minimum Gasteiger partial charge on any atom is -0.304 e. The van der Waals surface area contributed by atoms with Gasteiger partial charge < -0.3 is 4.90 Å². The van der Waals surface area contributed by atoms with E-state index in [1.165, 1.54) is 0 Å². The number of rotatable bonds is 4. The zero-order valence-electron chi connectivity index (χ0n) is 12.4. The summed E-state index contributed by atoms with van der Waals surface area (Å²) in [6.07, 6.45) is 0. The summed E-state index contributed by atoms with van der Waals surface area (Å²) < 4.78 is 0. The molecule has 2 rings (SSSR count). The molecule has 0 aromatic heterocycles. The lowest BCUT2D eigenvalue weighted by Gasteiger charge is -2.26. The fraction of sp³-hybridized carbons (Fsp3) is 0.500. The smallest absolute Gasteiger partial charge is 0.299 e. The maximum atomic E-state index is 12.3. The molecule has 1 aromatic rings. The highest BCUT2D eigenvalue weighted by molar-refractivity contribution is 9.09. The first-order chi connectivity index (χ1) is 9.36. The van der Waals surface area contributed by atoms with Gasteiger partial charge in [0.1, 0.15) is 0 Å². The zero-order chi connectivity index (χ0) is 15.0. The third-order valence-electron chi connectivity index (χ3n) is 3.96. The highest BCUT2D eigenvalue weighted by Crippen LogP contribution is 2.34. The van der Waals surface area contributed by atoms with E-state index in [1.54, 1.807) is 4.90 Å². The molecule has 20 heavy (non-hydrogen) atoms.